The molecule has 2 rings (SSSR count). The molecule has 2 N–H and O–H groups in total. The van der Waals surface area contributed by atoms with E-state index in [0.29, 0.717) is 32.5 Å². The van der Waals surface area contributed by atoms with Crippen LogP contribution < -0.4 is 5.32 Å². The number of hydrogen-bond donors (Lipinski definition) is 2. The first-order chi connectivity index (χ1) is 10.1. The molecule has 2 aliphatic rings. The molecule has 1 aliphatic carbocycles. The van der Waals surface area contributed by atoms with Crippen molar-refractivity contribution in [1.29, 1.82) is 0 Å². The second-order valence-corrected chi connectivity index (χ2v) is 6.64. The van der Waals surface area contributed by atoms with Crippen molar-refractivity contribution in [2.75, 3.05) is 19.6 Å². The fourth-order valence-electron chi connectivity index (χ4n) is 3.71. The van der Waals surface area contributed by atoms with Crippen molar-refractivity contribution >= 4 is 12.0 Å². The van der Waals surface area contributed by atoms with Crippen LogP contribution in [0.25, 0.3) is 0 Å². The van der Waals surface area contributed by atoms with E-state index in [2.05, 4.69) is 5.32 Å². The summed E-state index contributed by atoms with van der Waals surface area (Å²) in [5.41, 5.74) is -0.749. The predicted octanol–water partition coefficient (Wildman–Crippen LogP) is 2.85. The topological polar surface area (TPSA) is 69.6 Å². The van der Waals surface area contributed by atoms with Gasteiger partial charge in [0, 0.05) is 19.6 Å². The van der Waals surface area contributed by atoms with Crippen molar-refractivity contribution in [3.8, 4) is 0 Å². The predicted molar refractivity (Wildman–Crippen MR) is 81.1 cm³/mol. The van der Waals surface area contributed by atoms with Crippen molar-refractivity contribution in [1.82, 2.24) is 10.2 Å². The summed E-state index contributed by atoms with van der Waals surface area (Å²) in [5.74, 6) is -0.00568. The van der Waals surface area contributed by atoms with E-state index in [1.807, 2.05) is 6.92 Å². The van der Waals surface area contributed by atoms with Crippen LogP contribution >= 0.6 is 0 Å². The molecule has 5 nitrogen and oxygen atoms in total. The first-order valence-corrected chi connectivity index (χ1v) is 8.33. The van der Waals surface area contributed by atoms with Crippen LogP contribution in [-0.4, -0.2) is 41.6 Å². The van der Waals surface area contributed by atoms with E-state index in [1.54, 1.807) is 4.90 Å². The molecular weight excluding hydrogens is 268 g/mol. The Morgan fingerprint density at radius 2 is 2.00 bits per heavy atom. The lowest BCUT2D eigenvalue weighted by Crippen LogP contribution is -2.52. The molecule has 0 aromatic rings. The fourth-order valence-corrected chi connectivity index (χ4v) is 3.71. The molecule has 1 saturated carbocycles. The molecule has 1 unspecified atom stereocenters. The van der Waals surface area contributed by atoms with Gasteiger partial charge in [-0.3, -0.25) is 4.79 Å². The van der Waals surface area contributed by atoms with Crippen LogP contribution in [0.5, 0.6) is 0 Å². The van der Waals surface area contributed by atoms with Crippen molar-refractivity contribution in [3.05, 3.63) is 0 Å². The number of urea groups is 1. The van der Waals surface area contributed by atoms with Gasteiger partial charge in [0.25, 0.3) is 0 Å². The van der Waals surface area contributed by atoms with Crippen molar-refractivity contribution in [2.45, 2.75) is 58.3 Å². The first-order valence-electron chi connectivity index (χ1n) is 8.33. The molecule has 2 fully saturated rings. The summed E-state index contributed by atoms with van der Waals surface area (Å²) in [4.78, 5) is 25.4. The maximum absolute atomic E-state index is 12.2. The third-order valence-electron chi connectivity index (χ3n) is 5.30. The largest absolute Gasteiger partial charge is 0.481 e. The van der Waals surface area contributed by atoms with Crippen LogP contribution in [0.15, 0.2) is 0 Å². The number of carbonyl (C=O) groups excluding carboxylic acids is 1. The molecular formula is C16H28N2O3. The quantitative estimate of drug-likeness (QED) is 0.819. The van der Waals surface area contributed by atoms with Gasteiger partial charge in [-0.15, -0.1) is 0 Å². The number of carboxylic acid groups (broad SMARTS) is 1. The molecule has 2 amide bonds. The van der Waals surface area contributed by atoms with Gasteiger partial charge in [-0.05, 0) is 31.6 Å². The molecule has 0 spiro atoms. The van der Waals surface area contributed by atoms with Crippen LogP contribution in [0.3, 0.4) is 0 Å². The Labute approximate surface area is 127 Å². The van der Waals surface area contributed by atoms with Crippen LogP contribution in [0.1, 0.15) is 58.3 Å². The maximum atomic E-state index is 12.2. The van der Waals surface area contributed by atoms with Gasteiger partial charge in [0.1, 0.15) is 0 Å². The minimum Gasteiger partial charge on any atom is -0.481 e. The highest BCUT2D eigenvalue weighted by molar-refractivity contribution is 5.78. The van der Waals surface area contributed by atoms with Crippen LogP contribution in [0, 0.1) is 11.3 Å². The van der Waals surface area contributed by atoms with Gasteiger partial charge in [-0.1, -0.05) is 32.6 Å². The Kier molecular flexibility index (Phi) is 5.48. The number of nitrogens with zero attached hydrogens (tertiary/aromatic N) is 1. The van der Waals surface area contributed by atoms with Crippen molar-refractivity contribution in [2.24, 2.45) is 11.3 Å². The van der Waals surface area contributed by atoms with Gasteiger partial charge in [-0.2, -0.15) is 0 Å². The normalized spacial score (nSPS) is 26.8. The lowest BCUT2D eigenvalue weighted by atomic mass is 9.78. The van der Waals surface area contributed by atoms with Crippen molar-refractivity contribution < 1.29 is 14.7 Å². The average Bonchev–Trinajstić information content (AvgIpc) is 3.00. The number of hydrogen-bond acceptors (Lipinski definition) is 2. The number of amides is 2. The van der Waals surface area contributed by atoms with Gasteiger partial charge < -0.3 is 15.3 Å². The Hall–Kier alpha value is -1.26. The van der Waals surface area contributed by atoms with Crippen LogP contribution in [0.4, 0.5) is 4.79 Å². The fraction of sp³-hybridized carbons (Fsp3) is 0.875. The molecule has 0 aromatic carbocycles. The number of likely N-dealkylation sites (tertiary alicyclic amines) is 1. The zero-order valence-corrected chi connectivity index (χ0v) is 13.1. The van der Waals surface area contributed by atoms with Crippen molar-refractivity contribution in [3.63, 3.8) is 0 Å². The summed E-state index contributed by atoms with van der Waals surface area (Å²) in [5, 5.41) is 12.4. The minimum atomic E-state index is -0.770. The lowest BCUT2D eigenvalue weighted by Gasteiger charge is -2.39. The molecule has 1 aliphatic heterocycles. The highest BCUT2D eigenvalue weighted by Crippen LogP contribution is 2.33. The van der Waals surface area contributed by atoms with Gasteiger partial charge in [0.15, 0.2) is 0 Å². The molecule has 120 valence electrons. The third kappa shape index (κ3) is 3.89. The summed E-state index contributed by atoms with van der Waals surface area (Å²) in [7, 11) is 0. The Morgan fingerprint density at radius 3 is 2.62 bits per heavy atom. The number of nitrogens with one attached hydrogen (secondary N) is 1. The summed E-state index contributed by atoms with van der Waals surface area (Å²) < 4.78 is 0. The number of piperidine rings is 1. The van der Waals surface area contributed by atoms with Crippen LogP contribution in [0.2, 0.25) is 0 Å². The van der Waals surface area contributed by atoms with E-state index in [1.165, 1.54) is 25.7 Å². The summed E-state index contributed by atoms with van der Waals surface area (Å²) in [6, 6.07) is -0.0910. The van der Waals surface area contributed by atoms with E-state index in [-0.39, 0.29) is 6.03 Å². The van der Waals surface area contributed by atoms with Gasteiger partial charge in [0.2, 0.25) is 0 Å². The average molecular weight is 296 g/mol. The third-order valence-corrected chi connectivity index (χ3v) is 5.30. The smallest absolute Gasteiger partial charge is 0.317 e. The van der Waals surface area contributed by atoms with E-state index >= 15 is 0 Å². The Morgan fingerprint density at radius 1 is 1.29 bits per heavy atom. The summed E-state index contributed by atoms with van der Waals surface area (Å²) in [6.07, 6.45) is 8.30. The standard InChI is InChI=1S/C16H28N2O3/c1-2-16(14(19)20)9-5-11-18(12-16)15(21)17-10-8-13-6-3-4-7-13/h13H,2-12H2,1H3,(H,17,21)(H,19,20). The summed E-state index contributed by atoms with van der Waals surface area (Å²) >= 11 is 0. The molecule has 21 heavy (non-hydrogen) atoms. The monoisotopic (exact) mass is 296 g/mol. The number of carboxylic acids is 1. The zero-order valence-electron chi connectivity index (χ0n) is 13.1. The number of aliphatic carboxylic acids is 1. The molecule has 0 bridgehead atoms. The number of carbonyl (C=O) groups is 2. The molecule has 0 aromatic heterocycles. The van der Waals surface area contributed by atoms with Crippen LogP contribution in [-0.2, 0) is 4.79 Å². The zero-order chi connectivity index (χ0) is 15.3. The highest BCUT2D eigenvalue weighted by Gasteiger charge is 2.42. The van der Waals surface area contributed by atoms with E-state index in [0.717, 1.165) is 18.8 Å². The minimum absolute atomic E-state index is 0.0910. The molecule has 5 heteroatoms. The van der Waals surface area contributed by atoms with E-state index in [4.69, 9.17) is 0 Å². The summed E-state index contributed by atoms with van der Waals surface area (Å²) in [6.45, 7) is 3.63. The first kappa shape index (κ1) is 16.1. The second kappa shape index (κ2) is 7.14. The highest BCUT2D eigenvalue weighted by atomic mass is 16.4. The Bertz CT molecular complexity index is 380. The molecule has 0 radical (unpaired) electrons. The van der Waals surface area contributed by atoms with Gasteiger partial charge in [0.05, 0.1) is 5.41 Å². The molecule has 1 saturated heterocycles. The van der Waals surface area contributed by atoms with E-state index in [9.17, 15) is 14.7 Å². The SMILES string of the molecule is CCC1(C(=O)O)CCCN(C(=O)NCCC2CCCC2)C1. The van der Waals surface area contributed by atoms with E-state index < -0.39 is 11.4 Å². The number of rotatable bonds is 5. The molecule has 1 heterocycles. The Balaban J connectivity index is 1.79. The molecule has 1 atom stereocenters. The second-order valence-electron chi connectivity index (χ2n) is 6.64. The van der Waals surface area contributed by atoms with Gasteiger partial charge in [-0.25, -0.2) is 4.79 Å². The lowest BCUT2D eigenvalue weighted by molar-refractivity contribution is -0.152. The van der Waals surface area contributed by atoms with Gasteiger partial charge >= 0.3 is 12.0 Å². The maximum Gasteiger partial charge on any atom is 0.317 e.